The molecule has 0 heterocycles. The lowest BCUT2D eigenvalue weighted by Crippen LogP contribution is -1.96. The average molecular weight is 239 g/mol. The quantitative estimate of drug-likeness (QED) is 0.316. The van der Waals surface area contributed by atoms with Gasteiger partial charge in [-0.1, -0.05) is 32.3 Å². The van der Waals surface area contributed by atoms with Crippen LogP contribution in [-0.4, -0.2) is 5.11 Å². The Kier molecular flexibility index (Phi) is 5.00. The van der Waals surface area contributed by atoms with Gasteiger partial charge in [-0.25, -0.2) is 0 Å². The van der Waals surface area contributed by atoms with Gasteiger partial charge in [-0.15, -0.1) is 0 Å². The van der Waals surface area contributed by atoms with E-state index in [4.69, 9.17) is 5.73 Å². The number of nitrogens with two attached hydrogens (primary N) is 1. The lowest BCUT2D eigenvalue weighted by molar-refractivity contribution is 0.468. The second-order valence-corrected chi connectivity index (χ2v) is 4.93. The Bertz CT molecular complexity index is 352. The number of rotatable bonds is 5. The molecule has 16 heavy (non-hydrogen) atoms. The summed E-state index contributed by atoms with van der Waals surface area (Å²) in [6.07, 6.45) is 4.52. The maximum atomic E-state index is 9.88. The molecular weight excluding hydrogens is 218 g/mol. The van der Waals surface area contributed by atoms with Crippen molar-refractivity contribution in [3.63, 3.8) is 0 Å². The molecule has 1 aromatic carbocycles. The summed E-state index contributed by atoms with van der Waals surface area (Å²) in [6, 6.07) is 3.75. The Labute approximate surface area is 103 Å². The van der Waals surface area contributed by atoms with E-state index in [0.29, 0.717) is 5.69 Å². The van der Waals surface area contributed by atoms with E-state index in [1.807, 2.05) is 13.0 Å². The van der Waals surface area contributed by atoms with Gasteiger partial charge in [-0.05, 0) is 25.0 Å². The molecule has 0 spiro atoms. The maximum Gasteiger partial charge on any atom is 0.142 e. The van der Waals surface area contributed by atoms with Gasteiger partial charge < -0.3 is 10.8 Å². The molecule has 3 heteroatoms. The van der Waals surface area contributed by atoms with Crippen molar-refractivity contribution in [3.05, 3.63) is 23.3 Å². The lowest BCUT2D eigenvalue weighted by Gasteiger charge is -2.15. The molecule has 0 aliphatic rings. The van der Waals surface area contributed by atoms with Gasteiger partial charge in [0.25, 0.3) is 0 Å². The fourth-order valence-electron chi connectivity index (χ4n) is 1.83. The van der Waals surface area contributed by atoms with Crippen LogP contribution >= 0.6 is 12.6 Å². The molecule has 0 radical (unpaired) electrons. The predicted octanol–water partition coefficient (Wildman–Crippen LogP) is 3.83. The first-order chi connectivity index (χ1) is 7.56. The fourth-order valence-corrected chi connectivity index (χ4v) is 2.21. The van der Waals surface area contributed by atoms with E-state index in [-0.39, 0.29) is 11.0 Å². The third-order valence-corrected chi connectivity index (χ3v) is 3.29. The van der Waals surface area contributed by atoms with Crippen LogP contribution in [0.3, 0.4) is 0 Å². The number of phenolic OH excluding ortho intramolecular Hbond substituents is 1. The number of nitrogen functional groups attached to an aromatic ring is 1. The van der Waals surface area contributed by atoms with Gasteiger partial charge in [-0.2, -0.15) is 12.6 Å². The van der Waals surface area contributed by atoms with Crippen molar-refractivity contribution in [1.29, 1.82) is 0 Å². The third kappa shape index (κ3) is 3.34. The van der Waals surface area contributed by atoms with Crippen LogP contribution in [0.1, 0.15) is 49.0 Å². The van der Waals surface area contributed by atoms with Crippen molar-refractivity contribution in [1.82, 2.24) is 0 Å². The minimum Gasteiger partial charge on any atom is -0.505 e. The SMILES string of the molecule is CCCCCC(S)c1cc(C)cc(N)c1O. The van der Waals surface area contributed by atoms with E-state index in [9.17, 15) is 5.11 Å². The first kappa shape index (κ1) is 13.2. The van der Waals surface area contributed by atoms with Crippen molar-refractivity contribution in [3.8, 4) is 5.75 Å². The summed E-state index contributed by atoms with van der Waals surface area (Å²) in [5, 5.41) is 9.95. The van der Waals surface area contributed by atoms with Crippen LogP contribution in [-0.2, 0) is 0 Å². The molecule has 1 atom stereocenters. The van der Waals surface area contributed by atoms with Gasteiger partial charge in [0.1, 0.15) is 5.75 Å². The largest absolute Gasteiger partial charge is 0.505 e. The van der Waals surface area contributed by atoms with E-state index in [1.54, 1.807) is 6.07 Å². The number of hydrogen-bond acceptors (Lipinski definition) is 3. The molecule has 90 valence electrons. The van der Waals surface area contributed by atoms with Crippen molar-refractivity contribution in [2.75, 3.05) is 5.73 Å². The van der Waals surface area contributed by atoms with Crippen molar-refractivity contribution in [2.24, 2.45) is 0 Å². The number of hydrogen-bond donors (Lipinski definition) is 3. The molecule has 3 N–H and O–H groups in total. The molecule has 0 saturated carbocycles. The van der Waals surface area contributed by atoms with Crippen LogP contribution in [0, 0.1) is 6.92 Å². The van der Waals surface area contributed by atoms with Crippen LogP contribution in [0.25, 0.3) is 0 Å². The van der Waals surface area contributed by atoms with Gasteiger partial charge in [0.2, 0.25) is 0 Å². The Morgan fingerprint density at radius 3 is 2.69 bits per heavy atom. The molecule has 0 fully saturated rings. The van der Waals surface area contributed by atoms with E-state index < -0.39 is 0 Å². The number of anilines is 1. The first-order valence-electron chi connectivity index (χ1n) is 5.83. The van der Waals surface area contributed by atoms with Crippen LogP contribution in [0.15, 0.2) is 12.1 Å². The molecule has 0 bridgehead atoms. The second-order valence-electron chi connectivity index (χ2n) is 4.30. The molecule has 0 amide bonds. The molecule has 0 saturated heterocycles. The number of aryl methyl sites for hydroxylation is 1. The highest BCUT2D eigenvalue weighted by Gasteiger charge is 2.13. The Morgan fingerprint density at radius 1 is 1.38 bits per heavy atom. The summed E-state index contributed by atoms with van der Waals surface area (Å²) >= 11 is 4.54. The van der Waals surface area contributed by atoms with E-state index in [2.05, 4.69) is 19.6 Å². The summed E-state index contributed by atoms with van der Waals surface area (Å²) in [4.78, 5) is 0. The zero-order valence-electron chi connectivity index (χ0n) is 10.0. The standard InChI is InChI=1S/C13H21NOS/c1-3-4-5-6-12(16)10-7-9(2)8-11(14)13(10)15/h7-8,12,15-16H,3-6,14H2,1-2H3. The zero-order valence-corrected chi connectivity index (χ0v) is 10.9. The highest BCUT2D eigenvalue weighted by molar-refractivity contribution is 7.80. The van der Waals surface area contributed by atoms with E-state index in [0.717, 1.165) is 24.0 Å². The average Bonchev–Trinajstić information content (AvgIpc) is 2.23. The van der Waals surface area contributed by atoms with Crippen LogP contribution < -0.4 is 5.73 Å². The van der Waals surface area contributed by atoms with Gasteiger partial charge in [0, 0.05) is 10.8 Å². The summed E-state index contributed by atoms with van der Waals surface area (Å²) in [5.74, 6) is 0.196. The summed E-state index contributed by atoms with van der Waals surface area (Å²) in [7, 11) is 0. The number of unbranched alkanes of at least 4 members (excludes halogenated alkanes) is 2. The predicted molar refractivity (Wildman–Crippen MR) is 73.1 cm³/mol. The summed E-state index contributed by atoms with van der Waals surface area (Å²) < 4.78 is 0. The molecule has 0 aromatic heterocycles. The molecular formula is C13H21NOS. The summed E-state index contributed by atoms with van der Waals surface area (Å²) in [6.45, 7) is 4.15. The molecule has 0 aliphatic carbocycles. The van der Waals surface area contributed by atoms with Crippen LogP contribution in [0.2, 0.25) is 0 Å². The molecule has 1 aromatic rings. The van der Waals surface area contributed by atoms with E-state index >= 15 is 0 Å². The van der Waals surface area contributed by atoms with Crippen LogP contribution in [0.4, 0.5) is 5.69 Å². The zero-order chi connectivity index (χ0) is 12.1. The maximum absolute atomic E-state index is 9.88. The van der Waals surface area contributed by atoms with Crippen LogP contribution in [0.5, 0.6) is 5.75 Å². The highest BCUT2D eigenvalue weighted by Crippen LogP contribution is 2.36. The molecule has 0 aliphatic heterocycles. The number of aromatic hydroxyl groups is 1. The Hall–Kier alpha value is -0.830. The Balaban J connectivity index is 2.78. The first-order valence-corrected chi connectivity index (χ1v) is 6.35. The topological polar surface area (TPSA) is 46.2 Å². The van der Waals surface area contributed by atoms with Gasteiger partial charge in [-0.3, -0.25) is 0 Å². The fraction of sp³-hybridized carbons (Fsp3) is 0.538. The van der Waals surface area contributed by atoms with Crippen molar-refractivity contribution >= 4 is 18.3 Å². The highest BCUT2D eigenvalue weighted by atomic mass is 32.1. The third-order valence-electron chi connectivity index (χ3n) is 2.75. The minimum atomic E-state index is 0.0775. The number of thiol groups is 1. The Morgan fingerprint density at radius 2 is 2.06 bits per heavy atom. The van der Waals surface area contributed by atoms with Gasteiger partial charge >= 0.3 is 0 Å². The normalized spacial score (nSPS) is 12.7. The number of phenols is 1. The van der Waals surface area contributed by atoms with Crippen molar-refractivity contribution < 1.29 is 5.11 Å². The van der Waals surface area contributed by atoms with Gasteiger partial charge in [0.05, 0.1) is 5.69 Å². The second kappa shape index (κ2) is 6.04. The number of benzene rings is 1. The van der Waals surface area contributed by atoms with Crippen molar-refractivity contribution in [2.45, 2.75) is 44.8 Å². The smallest absolute Gasteiger partial charge is 0.142 e. The minimum absolute atomic E-state index is 0.0775. The lowest BCUT2D eigenvalue weighted by atomic mass is 10.0. The summed E-state index contributed by atoms with van der Waals surface area (Å²) in [5.41, 5.74) is 8.11. The monoisotopic (exact) mass is 239 g/mol. The van der Waals surface area contributed by atoms with Gasteiger partial charge in [0.15, 0.2) is 0 Å². The van der Waals surface area contributed by atoms with E-state index in [1.165, 1.54) is 12.8 Å². The molecule has 2 nitrogen and oxygen atoms in total. The molecule has 1 unspecified atom stereocenters. The molecule has 1 rings (SSSR count).